The summed E-state index contributed by atoms with van der Waals surface area (Å²) in [4.78, 5) is 11.3. The highest BCUT2D eigenvalue weighted by Crippen LogP contribution is 2.22. The minimum atomic E-state index is -4.09. The van der Waals surface area contributed by atoms with Crippen LogP contribution in [0.3, 0.4) is 0 Å². The average Bonchev–Trinajstić information content (AvgIpc) is 2.21. The fourth-order valence-electron chi connectivity index (χ4n) is 1.36. The number of hydrogen-bond donors (Lipinski definition) is 2. The summed E-state index contributed by atoms with van der Waals surface area (Å²) in [6, 6.07) is -0.0860. The number of amides is 1. The molecular weight excluding hydrogens is 245 g/mol. The topological polar surface area (TPSA) is 41.1 Å². The molecule has 0 spiro atoms. The van der Waals surface area contributed by atoms with Crippen LogP contribution in [0.2, 0.25) is 0 Å². The second-order valence-corrected chi connectivity index (χ2v) is 4.99. The lowest BCUT2D eigenvalue weighted by atomic mass is 10.1. The molecular formula is C12H23F3N2O. The molecule has 1 amide bonds. The highest BCUT2D eigenvalue weighted by molar-refractivity contribution is 5.77. The lowest BCUT2D eigenvalue weighted by molar-refractivity contribution is -0.136. The minimum Gasteiger partial charge on any atom is -0.355 e. The van der Waals surface area contributed by atoms with Gasteiger partial charge in [-0.15, -0.1) is 0 Å². The fraction of sp³-hybridized carbons (Fsp3) is 0.917. The predicted molar refractivity (Wildman–Crippen MR) is 65.2 cm³/mol. The van der Waals surface area contributed by atoms with Crippen molar-refractivity contribution in [2.45, 2.75) is 52.3 Å². The second kappa shape index (κ2) is 8.34. The third kappa shape index (κ3) is 11.7. The summed E-state index contributed by atoms with van der Waals surface area (Å²) in [5.74, 6) is 0.268. The summed E-state index contributed by atoms with van der Waals surface area (Å²) >= 11 is 0. The van der Waals surface area contributed by atoms with E-state index in [2.05, 4.69) is 10.6 Å². The Balaban J connectivity index is 3.58. The van der Waals surface area contributed by atoms with Crippen LogP contribution < -0.4 is 10.6 Å². The number of alkyl halides is 3. The van der Waals surface area contributed by atoms with Gasteiger partial charge in [0, 0.05) is 19.0 Å². The Hall–Kier alpha value is -0.780. The van der Waals surface area contributed by atoms with E-state index in [-0.39, 0.29) is 24.9 Å². The third-order valence-corrected chi connectivity index (χ3v) is 2.42. The second-order valence-electron chi connectivity index (χ2n) is 4.99. The van der Waals surface area contributed by atoms with Gasteiger partial charge in [-0.05, 0) is 25.7 Å². The van der Waals surface area contributed by atoms with Gasteiger partial charge in [0.15, 0.2) is 0 Å². The van der Waals surface area contributed by atoms with Crippen molar-refractivity contribution >= 4 is 5.91 Å². The largest absolute Gasteiger partial charge is 0.389 e. The maximum absolute atomic E-state index is 11.9. The molecule has 0 aliphatic rings. The summed E-state index contributed by atoms with van der Waals surface area (Å²) in [7, 11) is 0. The van der Waals surface area contributed by atoms with Crippen LogP contribution in [0, 0.1) is 5.92 Å². The monoisotopic (exact) mass is 268 g/mol. The highest BCUT2D eigenvalue weighted by atomic mass is 19.4. The summed E-state index contributed by atoms with van der Waals surface area (Å²) in [6.07, 6.45) is -4.35. The molecule has 0 rings (SSSR count). The predicted octanol–water partition coefficient (Wildman–Crippen LogP) is 2.47. The van der Waals surface area contributed by atoms with Gasteiger partial charge >= 0.3 is 6.18 Å². The molecule has 0 radical (unpaired) electrons. The fourth-order valence-corrected chi connectivity index (χ4v) is 1.36. The van der Waals surface area contributed by atoms with Crippen LogP contribution in [0.25, 0.3) is 0 Å². The van der Waals surface area contributed by atoms with E-state index in [1.54, 1.807) is 6.92 Å². The number of rotatable bonds is 8. The normalized spacial score (nSPS) is 13.7. The molecule has 0 saturated heterocycles. The third-order valence-electron chi connectivity index (χ3n) is 2.42. The quantitative estimate of drug-likeness (QED) is 0.710. The van der Waals surface area contributed by atoms with Gasteiger partial charge in [0.1, 0.15) is 0 Å². The maximum atomic E-state index is 11.9. The minimum absolute atomic E-state index is 0.0860. The van der Waals surface area contributed by atoms with Gasteiger partial charge in [-0.3, -0.25) is 4.79 Å². The lowest BCUT2D eigenvalue weighted by Crippen LogP contribution is -2.39. The van der Waals surface area contributed by atoms with Gasteiger partial charge in [0.25, 0.3) is 0 Å². The van der Waals surface area contributed by atoms with Crippen molar-refractivity contribution in [1.82, 2.24) is 10.6 Å². The number of nitrogens with one attached hydrogen (secondary N) is 2. The summed E-state index contributed by atoms with van der Waals surface area (Å²) in [6.45, 7) is 6.54. The van der Waals surface area contributed by atoms with Crippen LogP contribution >= 0.6 is 0 Å². The SMILES string of the molecule is CC(C)CNC(=O)CNC(C)CCCC(F)(F)F. The maximum Gasteiger partial charge on any atom is 0.389 e. The molecule has 0 aromatic heterocycles. The average molecular weight is 268 g/mol. The molecule has 0 aliphatic heterocycles. The smallest absolute Gasteiger partial charge is 0.355 e. The molecule has 1 atom stereocenters. The van der Waals surface area contributed by atoms with Crippen LogP contribution in [-0.2, 0) is 4.79 Å². The zero-order valence-electron chi connectivity index (χ0n) is 11.2. The van der Waals surface area contributed by atoms with Crippen LogP contribution in [0.1, 0.15) is 40.0 Å². The first-order chi connectivity index (χ1) is 8.20. The van der Waals surface area contributed by atoms with Crippen molar-refractivity contribution in [3.63, 3.8) is 0 Å². The molecule has 0 aliphatic carbocycles. The van der Waals surface area contributed by atoms with Gasteiger partial charge in [0.2, 0.25) is 5.91 Å². The van der Waals surface area contributed by atoms with Crippen LogP contribution in [0.4, 0.5) is 13.2 Å². The van der Waals surface area contributed by atoms with Crippen LogP contribution in [0.15, 0.2) is 0 Å². The Kier molecular flexibility index (Phi) is 7.98. The van der Waals surface area contributed by atoms with Gasteiger partial charge in [0.05, 0.1) is 6.54 Å². The summed E-state index contributed by atoms with van der Waals surface area (Å²) in [5, 5.41) is 5.65. The number of hydrogen-bond acceptors (Lipinski definition) is 2. The molecule has 0 saturated carbocycles. The molecule has 3 nitrogen and oxygen atoms in total. The van der Waals surface area contributed by atoms with Crippen molar-refractivity contribution < 1.29 is 18.0 Å². The van der Waals surface area contributed by atoms with Crippen molar-refractivity contribution in [2.24, 2.45) is 5.92 Å². The van der Waals surface area contributed by atoms with Crippen molar-refractivity contribution in [2.75, 3.05) is 13.1 Å². The van der Waals surface area contributed by atoms with Crippen LogP contribution in [-0.4, -0.2) is 31.2 Å². The number of carbonyl (C=O) groups excluding carboxylic acids is 1. The van der Waals surface area contributed by atoms with Gasteiger partial charge in [-0.2, -0.15) is 13.2 Å². The number of carbonyl (C=O) groups is 1. The highest BCUT2D eigenvalue weighted by Gasteiger charge is 2.26. The molecule has 0 fully saturated rings. The van der Waals surface area contributed by atoms with E-state index in [4.69, 9.17) is 0 Å². The first kappa shape index (κ1) is 17.2. The Morgan fingerprint density at radius 3 is 2.33 bits per heavy atom. The Morgan fingerprint density at radius 2 is 1.83 bits per heavy atom. The molecule has 0 heterocycles. The summed E-state index contributed by atoms with van der Waals surface area (Å²) in [5.41, 5.74) is 0. The molecule has 2 N–H and O–H groups in total. The Morgan fingerprint density at radius 1 is 1.22 bits per heavy atom. The van der Waals surface area contributed by atoms with Gasteiger partial charge in [-0.1, -0.05) is 13.8 Å². The zero-order valence-corrected chi connectivity index (χ0v) is 11.2. The van der Waals surface area contributed by atoms with Crippen LogP contribution in [0.5, 0.6) is 0 Å². The molecule has 18 heavy (non-hydrogen) atoms. The van der Waals surface area contributed by atoms with Gasteiger partial charge < -0.3 is 10.6 Å². The van der Waals surface area contributed by atoms with E-state index in [0.29, 0.717) is 18.9 Å². The van der Waals surface area contributed by atoms with Crippen molar-refractivity contribution in [1.29, 1.82) is 0 Å². The van der Waals surface area contributed by atoms with Crippen molar-refractivity contribution in [3.8, 4) is 0 Å². The Bertz CT molecular complexity index is 242. The molecule has 6 heteroatoms. The molecule has 0 bridgehead atoms. The Labute approximate surface area is 107 Å². The first-order valence-electron chi connectivity index (χ1n) is 6.27. The van der Waals surface area contributed by atoms with E-state index in [1.165, 1.54) is 0 Å². The molecule has 108 valence electrons. The molecule has 0 aromatic carbocycles. The number of halogens is 3. The first-order valence-corrected chi connectivity index (χ1v) is 6.27. The molecule has 1 unspecified atom stereocenters. The van der Waals surface area contributed by atoms with E-state index < -0.39 is 12.6 Å². The zero-order chi connectivity index (χ0) is 14.2. The van der Waals surface area contributed by atoms with E-state index in [0.717, 1.165) is 0 Å². The standard InChI is InChI=1S/C12H23F3N2O/c1-9(2)7-17-11(18)8-16-10(3)5-4-6-12(13,14)15/h9-10,16H,4-8H2,1-3H3,(H,17,18). The van der Waals surface area contributed by atoms with Gasteiger partial charge in [-0.25, -0.2) is 0 Å². The lowest BCUT2D eigenvalue weighted by Gasteiger charge is -2.14. The van der Waals surface area contributed by atoms with Crippen molar-refractivity contribution in [3.05, 3.63) is 0 Å². The van der Waals surface area contributed by atoms with E-state index >= 15 is 0 Å². The molecule has 0 aromatic rings. The van der Waals surface area contributed by atoms with E-state index in [9.17, 15) is 18.0 Å². The van der Waals surface area contributed by atoms with E-state index in [1.807, 2.05) is 13.8 Å². The summed E-state index contributed by atoms with van der Waals surface area (Å²) < 4.78 is 35.7.